The average Bonchev–Trinajstić information content (AvgIpc) is 3.03. The van der Waals surface area contributed by atoms with Gasteiger partial charge in [-0.05, 0) is 31.4 Å². The Balaban J connectivity index is 1.76. The quantitative estimate of drug-likeness (QED) is 0.769. The maximum absolute atomic E-state index is 11.9. The molecule has 2 atom stereocenters. The summed E-state index contributed by atoms with van der Waals surface area (Å²) in [7, 11) is 0. The first-order chi connectivity index (χ1) is 10.2. The molecule has 2 heterocycles. The lowest BCUT2D eigenvalue weighted by Crippen LogP contribution is -2.63. The summed E-state index contributed by atoms with van der Waals surface area (Å²) in [4.78, 5) is 16.8. The lowest BCUT2D eigenvalue weighted by molar-refractivity contribution is -0.160. The van der Waals surface area contributed by atoms with E-state index >= 15 is 0 Å². The molecule has 3 N–H and O–H groups in total. The molecule has 6 heteroatoms. The highest BCUT2D eigenvalue weighted by Gasteiger charge is 2.48. The van der Waals surface area contributed by atoms with Crippen molar-refractivity contribution in [2.45, 2.75) is 30.8 Å². The van der Waals surface area contributed by atoms with Gasteiger partial charge < -0.3 is 15.3 Å². The minimum atomic E-state index is -0.975. The molecule has 0 spiro atoms. The highest BCUT2D eigenvalue weighted by atomic mass is 16.7. The summed E-state index contributed by atoms with van der Waals surface area (Å²) < 4.78 is 0. The van der Waals surface area contributed by atoms with E-state index in [0.717, 1.165) is 6.42 Å². The van der Waals surface area contributed by atoms with E-state index in [1.165, 1.54) is 11.8 Å². The van der Waals surface area contributed by atoms with Crippen LogP contribution in [0.4, 0.5) is 0 Å². The van der Waals surface area contributed by atoms with Crippen molar-refractivity contribution >= 4 is 5.97 Å². The van der Waals surface area contributed by atoms with E-state index in [2.05, 4.69) is 23.0 Å². The van der Waals surface area contributed by atoms with E-state index in [9.17, 15) is 9.90 Å². The smallest absolute Gasteiger partial charge is 0.331 e. The molecular formula is C15H19N3O3. The number of carbonyl (C=O) groups is 1. The molecule has 1 aromatic carbocycles. The maximum atomic E-state index is 11.9. The van der Waals surface area contributed by atoms with Gasteiger partial charge >= 0.3 is 5.97 Å². The molecule has 0 amide bonds. The number of carboxylic acid groups (broad SMARTS) is 1. The van der Waals surface area contributed by atoms with E-state index in [1.54, 1.807) is 11.2 Å². The second kappa shape index (κ2) is 5.75. The number of aliphatic carboxylic acids is 1. The largest absolute Gasteiger partial charge is 0.479 e. The fourth-order valence-electron chi connectivity index (χ4n) is 3.06. The Hall–Kier alpha value is -2.05. The molecular weight excluding hydrogens is 270 g/mol. The van der Waals surface area contributed by atoms with Gasteiger partial charge in [-0.1, -0.05) is 35.9 Å². The van der Waals surface area contributed by atoms with Gasteiger partial charge in [-0.15, -0.1) is 0 Å². The topological polar surface area (TPSA) is 73.8 Å². The Morgan fingerprint density at radius 2 is 2.24 bits per heavy atom. The minimum Gasteiger partial charge on any atom is -0.479 e. The van der Waals surface area contributed by atoms with Gasteiger partial charge in [0, 0.05) is 6.04 Å². The molecule has 112 valence electrons. The van der Waals surface area contributed by atoms with Crippen LogP contribution >= 0.6 is 0 Å². The maximum Gasteiger partial charge on any atom is 0.331 e. The van der Waals surface area contributed by atoms with Crippen molar-refractivity contribution in [3.63, 3.8) is 0 Å². The highest BCUT2D eigenvalue weighted by molar-refractivity contribution is 5.79. The number of hydrogen-bond donors (Lipinski definition) is 3. The molecule has 0 radical (unpaired) electrons. The predicted molar refractivity (Wildman–Crippen MR) is 76.7 cm³/mol. The molecule has 0 saturated carbocycles. The summed E-state index contributed by atoms with van der Waals surface area (Å²) >= 11 is 0. The zero-order valence-corrected chi connectivity index (χ0v) is 11.7. The number of nitrogens with one attached hydrogen (secondary N) is 2. The van der Waals surface area contributed by atoms with Gasteiger partial charge in [-0.25, -0.2) is 4.79 Å². The van der Waals surface area contributed by atoms with Crippen molar-refractivity contribution < 1.29 is 14.7 Å². The molecule has 1 aromatic rings. The zero-order valence-electron chi connectivity index (χ0n) is 11.7. The normalized spacial score (nSPS) is 28.4. The molecule has 0 bridgehead atoms. The monoisotopic (exact) mass is 289 g/mol. The van der Waals surface area contributed by atoms with Gasteiger partial charge in [0.05, 0.1) is 6.20 Å². The molecule has 6 nitrogen and oxygen atoms in total. The zero-order chi connectivity index (χ0) is 14.7. The molecule has 2 aliphatic heterocycles. The Labute approximate surface area is 123 Å². The van der Waals surface area contributed by atoms with Crippen molar-refractivity contribution in [3.8, 4) is 0 Å². The Bertz CT molecular complexity index is 534. The summed E-state index contributed by atoms with van der Waals surface area (Å²) in [5, 5.41) is 14.7. The number of piperidine rings is 1. The summed E-state index contributed by atoms with van der Waals surface area (Å²) in [5.41, 5.74) is 2.88. The Morgan fingerprint density at radius 3 is 2.90 bits per heavy atom. The SMILES string of the molecule is O=C(O)C1(N2C=CON2)CCNC(Cc2ccccc2)C1. The second-order valence-electron chi connectivity index (χ2n) is 5.50. The molecule has 3 rings (SSSR count). The van der Waals surface area contributed by atoms with Crippen LogP contribution in [0.15, 0.2) is 42.8 Å². The third-order valence-corrected chi connectivity index (χ3v) is 4.17. The van der Waals surface area contributed by atoms with Crippen LogP contribution in [0, 0.1) is 0 Å². The van der Waals surface area contributed by atoms with Crippen LogP contribution in [0.5, 0.6) is 0 Å². The van der Waals surface area contributed by atoms with Crippen molar-refractivity contribution in [3.05, 3.63) is 48.4 Å². The van der Waals surface area contributed by atoms with Crippen LogP contribution in [-0.4, -0.2) is 34.2 Å². The fraction of sp³-hybridized carbons (Fsp3) is 0.400. The van der Waals surface area contributed by atoms with E-state index in [-0.39, 0.29) is 6.04 Å². The van der Waals surface area contributed by atoms with E-state index in [0.29, 0.717) is 19.4 Å². The van der Waals surface area contributed by atoms with Crippen LogP contribution in [-0.2, 0) is 16.1 Å². The summed E-state index contributed by atoms with van der Waals surface area (Å²) in [6.07, 6.45) is 4.94. The second-order valence-corrected chi connectivity index (χ2v) is 5.50. The first-order valence-electron chi connectivity index (χ1n) is 7.09. The Kier molecular flexibility index (Phi) is 3.81. The first-order valence-corrected chi connectivity index (χ1v) is 7.09. The van der Waals surface area contributed by atoms with Crippen molar-refractivity contribution in [1.82, 2.24) is 15.9 Å². The van der Waals surface area contributed by atoms with E-state index < -0.39 is 11.5 Å². The Morgan fingerprint density at radius 1 is 1.43 bits per heavy atom. The third-order valence-electron chi connectivity index (χ3n) is 4.17. The molecule has 0 aromatic heterocycles. The lowest BCUT2D eigenvalue weighted by atomic mass is 9.82. The van der Waals surface area contributed by atoms with Gasteiger partial charge in [0.25, 0.3) is 0 Å². The first kappa shape index (κ1) is 13.9. The highest BCUT2D eigenvalue weighted by Crippen LogP contribution is 2.30. The van der Waals surface area contributed by atoms with Crippen molar-refractivity contribution in [1.29, 1.82) is 0 Å². The van der Waals surface area contributed by atoms with Crippen LogP contribution in [0.1, 0.15) is 18.4 Å². The van der Waals surface area contributed by atoms with E-state index in [1.807, 2.05) is 18.2 Å². The molecule has 1 fully saturated rings. The number of benzene rings is 1. The molecule has 2 unspecified atom stereocenters. The standard InChI is InChI=1S/C15H19N3O3/c19-14(20)15(18-8-9-21-17-18)6-7-16-13(11-15)10-12-4-2-1-3-5-12/h1-5,8-9,13,16-17H,6-7,10-11H2,(H,19,20). The van der Waals surface area contributed by atoms with Gasteiger partial charge in [0.1, 0.15) is 6.26 Å². The van der Waals surface area contributed by atoms with Crippen LogP contribution < -0.4 is 10.9 Å². The number of rotatable bonds is 4. The van der Waals surface area contributed by atoms with Gasteiger partial charge in [0.15, 0.2) is 5.54 Å². The summed E-state index contributed by atoms with van der Waals surface area (Å²) in [6.45, 7) is 0.663. The number of hydrogen-bond acceptors (Lipinski definition) is 5. The van der Waals surface area contributed by atoms with Crippen molar-refractivity contribution in [2.75, 3.05) is 6.54 Å². The lowest BCUT2D eigenvalue weighted by Gasteiger charge is -2.43. The molecule has 21 heavy (non-hydrogen) atoms. The van der Waals surface area contributed by atoms with Crippen LogP contribution in [0.25, 0.3) is 0 Å². The van der Waals surface area contributed by atoms with Crippen LogP contribution in [0.3, 0.4) is 0 Å². The fourth-order valence-corrected chi connectivity index (χ4v) is 3.06. The van der Waals surface area contributed by atoms with Crippen LogP contribution in [0.2, 0.25) is 0 Å². The van der Waals surface area contributed by atoms with E-state index in [4.69, 9.17) is 4.84 Å². The van der Waals surface area contributed by atoms with Gasteiger partial charge in [0.2, 0.25) is 0 Å². The van der Waals surface area contributed by atoms with Gasteiger partial charge in [-0.2, -0.15) is 0 Å². The molecule has 0 aliphatic carbocycles. The number of nitrogens with zero attached hydrogens (tertiary/aromatic N) is 1. The molecule has 1 saturated heterocycles. The summed E-state index contributed by atoms with van der Waals surface area (Å²) in [6, 6.07) is 10.2. The summed E-state index contributed by atoms with van der Waals surface area (Å²) in [5.74, 6) is -0.829. The predicted octanol–water partition coefficient (Wildman–Crippen LogP) is 1.03. The third kappa shape index (κ3) is 2.72. The van der Waals surface area contributed by atoms with Gasteiger partial charge in [-0.3, -0.25) is 5.01 Å². The average molecular weight is 289 g/mol. The number of hydrazine groups is 1. The minimum absolute atomic E-state index is 0.119. The number of carboxylic acids is 1. The molecule has 2 aliphatic rings. The van der Waals surface area contributed by atoms with Crippen molar-refractivity contribution in [2.24, 2.45) is 0 Å².